The Morgan fingerprint density at radius 1 is 1.09 bits per heavy atom. The van der Waals surface area contributed by atoms with E-state index in [9.17, 15) is 26.3 Å². The van der Waals surface area contributed by atoms with Crippen molar-refractivity contribution in [3.63, 3.8) is 0 Å². The summed E-state index contributed by atoms with van der Waals surface area (Å²) in [7, 11) is 0. The predicted octanol–water partition coefficient (Wildman–Crippen LogP) is 6.65. The second-order valence-electron chi connectivity index (χ2n) is 11.5. The molecule has 228 valence electrons. The zero-order valence-electron chi connectivity index (χ0n) is 22.4. The van der Waals surface area contributed by atoms with Gasteiger partial charge in [0, 0.05) is 35.5 Å². The number of anilines is 2. The van der Waals surface area contributed by atoms with Crippen LogP contribution < -0.4 is 15.8 Å². The van der Waals surface area contributed by atoms with Crippen LogP contribution in [0.15, 0.2) is 18.2 Å². The van der Waals surface area contributed by atoms with Crippen molar-refractivity contribution in [3.8, 4) is 17.1 Å². The molecular weight excluding hydrogens is 601 g/mol. The number of nitrogens with one attached hydrogen (secondary N) is 1. The number of halogens is 7. The largest absolute Gasteiger partial charge is 0.461 e. The van der Waals surface area contributed by atoms with E-state index in [1.807, 2.05) is 4.90 Å². The highest BCUT2D eigenvalue weighted by Gasteiger charge is 2.49. The van der Waals surface area contributed by atoms with E-state index >= 15 is 4.39 Å². The number of thiazole rings is 1. The van der Waals surface area contributed by atoms with Gasteiger partial charge >= 0.3 is 12.2 Å². The fourth-order valence-corrected chi connectivity index (χ4v) is 7.33. The topological polar surface area (TPSA) is 89.2 Å². The molecule has 2 atom stereocenters. The SMILES string of the molecule is Nc1nc2c(-c3c(C(F)(F)F)cc4c(NC5CC(F)C5)nc(OC[C@@]56CCCN5C[C@H](F)C6)nc4c3F)ccc(F)c2s1. The highest BCUT2D eigenvalue weighted by atomic mass is 32.1. The average Bonchev–Trinajstić information content (AvgIpc) is 3.58. The molecule has 1 aliphatic carbocycles. The maximum Gasteiger partial charge on any atom is 0.417 e. The lowest BCUT2D eigenvalue weighted by molar-refractivity contribution is -0.137. The lowest BCUT2D eigenvalue weighted by Gasteiger charge is -2.32. The van der Waals surface area contributed by atoms with Crippen molar-refractivity contribution in [2.24, 2.45) is 0 Å². The molecule has 2 aromatic carbocycles. The van der Waals surface area contributed by atoms with E-state index < -0.39 is 58.4 Å². The molecule has 4 heterocycles. The zero-order valence-corrected chi connectivity index (χ0v) is 23.3. The van der Waals surface area contributed by atoms with Gasteiger partial charge in [-0.2, -0.15) is 23.1 Å². The molecule has 7 rings (SSSR count). The molecule has 0 unspecified atom stereocenters. The number of nitrogens with zero attached hydrogens (tertiary/aromatic N) is 4. The molecule has 0 amide bonds. The summed E-state index contributed by atoms with van der Waals surface area (Å²) in [5.74, 6) is -2.26. The van der Waals surface area contributed by atoms with E-state index in [2.05, 4.69) is 20.3 Å². The van der Waals surface area contributed by atoms with Gasteiger partial charge in [0.25, 0.3) is 0 Å². The summed E-state index contributed by atoms with van der Waals surface area (Å²) >= 11 is 0.728. The first-order valence-electron chi connectivity index (χ1n) is 13.8. The molecule has 2 aliphatic heterocycles. The molecule has 3 aliphatic rings. The number of benzene rings is 2. The summed E-state index contributed by atoms with van der Waals surface area (Å²) in [5, 5.41) is 2.54. The van der Waals surface area contributed by atoms with Crippen LogP contribution >= 0.6 is 11.3 Å². The van der Waals surface area contributed by atoms with E-state index in [0.29, 0.717) is 13.0 Å². The molecular formula is C28H25F7N6OS. The summed E-state index contributed by atoms with van der Waals surface area (Å²) in [6, 6.07) is 1.90. The fraction of sp³-hybridized carbons (Fsp3) is 0.464. The number of ether oxygens (including phenoxy) is 1. The third-order valence-electron chi connectivity index (χ3n) is 8.65. The Balaban J connectivity index is 1.39. The first-order valence-corrected chi connectivity index (χ1v) is 14.6. The van der Waals surface area contributed by atoms with Crippen LogP contribution in [0.2, 0.25) is 0 Å². The molecule has 43 heavy (non-hydrogen) atoms. The lowest BCUT2D eigenvalue weighted by Crippen LogP contribution is -2.43. The normalized spacial score (nSPS) is 25.8. The maximum atomic E-state index is 16.5. The Kier molecular flexibility index (Phi) is 6.61. The molecule has 2 aromatic heterocycles. The highest BCUT2D eigenvalue weighted by molar-refractivity contribution is 7.22. The summed E-state index contributed by atoms with van der Waals surface area (Å²) < 4.78 is 108. The molecule has 4 aromatic rings. The van der Waals surface area contributed by atoms with Crippen molar-refractivity contribution < 1.29 is 35.5 Å². The number of alkyl halides is 5. The standard InChI is InChI=1S/C28H25F7N6OS/c29-12-6-14(7-12)37-24-16-8-17(28(33,34)35)19(15-2-3-18(31)23-22(15)38-25(36)43-23)20(32)21(16)39-26(40-24)42-11-27-4-1-5-41(27)10-13(30)9-27/h2-3,8,12-14H,1,4-7,9-11H2,(H2,36,38)(H,37,39,40)/t12?,13-,14?,27+/m1/s1. The average molecular weight is 627 g/mol. The van der Waals surface area contributed by atoms with Crippen molar-refractivity contribution in [2.45, 2.75) is 62.2 Å². The Hall–Kier alpha value is -3.46. The Morgan fingerprint density at radius 2 is 1.88 bits per heavy atom. The minimum Gasteiger partial charge on any atom is -0.461 e. The molecule has 15 heteroatoms. The van der Waals surface area contributed by atoms with Crippen LogP contribution in [0.4, 0.5) is 41.7 Å². The summed E-state index contributed by atoms with van der Waals surface area (Å²) in [6.07, 6.45) is -5.18. The maximum absolute atomic E-state index is 16.5. The number of hydrogen-bond acceptors (Lipinski definition) is 8. The molecule has 3 fully saturated rings. The van der Waals surface area contributed by atoms with Gasteiger partial charge in [-0.25, -0.2) is 22.5 Å². The smallest absolute Gasteiger partial charge is 0.417 e. The third-order valence-corrected chi connectivity index (χ3v) is 9.54. The van der Waals surface area contributed by atoms with Crippen LogP contribution in [0.3, 0.4) is 0 Å². The second-order valence-corrected chi connectivity index (χ2v) is 12.5. The van der Waals surface area contributed by atoms with Crippen LogP contribution in [-0.2, 0) is 6.18 Å². The second kappa shape index (κ2) is 10.0. The number of fused-ring (bicyclic) bond motifs is 3. The van der Waals surface area contributed by atoms with Crippen LogP contribution in [0.5, 0.6) is 6.01 Å². The third kappa shape index (κ3) is 4.80. The van der Waals surface area contributed by atoms with E-state index in [1.54, 1.807) is 0 Å². The summed E-state index contributed by atoms with van der Waals surface area (Å²) in [6.45, 7) is 0.971. The van der Waals surface area contributed by atoms with Crippen molar-refractivity contribution >= 4 is 43.4 Å². The molecule has 7 nitrogen and oxygen atoms in total. The summed E-state index contributed by atoms with van der Waals surface area (Å²) in [5.41, 5.74) is 1.89. The van der Waals surface area contributed by atoms with Gasteiger partial charge in [-0.1, -0.05) is 11.3 Å². The van der Waals surface area contributed by atoms with Crippen LogP contribution in [-0.4, -0.2) is 63.5 Å². The molecule has 0 spiro atoms. The van der Waals surface area contributed by atoms with Gasteiger partial charge < -0.3 is 15.8 Å². The predicted molar refractivity (Wildman–Crippen MR) is 148 cm³/mol. The first kappa shape index (κ1) is 28.3. The van der Waals surface area contributed by atoms with Gasteiger partial charge in [-0.3, -0.25) is 4.90 Å². The Morgan fingerprint density at radius 3 is 2.63 bits per heavy atom. The van der Waals surface area contributed by atoms with Crippen LogP contribution in [0.25, 0.3) is 32.2 Å². The minimum absolute atomic E-state index is 0.000144. The molecule has 3 N–H and O–H groups in total. The lowest BCUT2D eigenvalue weighted by atomic mass is 9.90. The van der Waals surface area contributed by atoms with E-state index in [4.69, 9.17) is 10.5 Å². The van der Waals surface area contributed by atoms with Gasteiger partial charge in [-0.05, 0) is 50.4 Å². The van der Waals surface area contributed by atoms with Crippen molar-refractivity contribution in [3.05, 3.63) is 35.4 Å². The Bertz CT molecular complexity index is 1740. The molecule has 0 radical (unpaired) electrons. The van der Waals surface area contributed by atoms with Gasteiger partial charge in [0.05, 0.1) is 21.3 Å². The van der Waals surface area contributed by atoms with Crippen molar-refractivity contribution in [2.75, 3.05) is 30.7 Å². The zero-order chi connectivity index (χ0) is 30.3. The molecule has 2 saturated heterocycles. The molecule has 1 saturated carbocycles. The van der Waals surface area contributed by atoms with Crippen LogP contribution in [0, 0.1) is 11.6 Å². The fourth-order valence-electron chi connectivity index (χ4n) is 6.57. The number of aromatic nitrogens is 3. The Labute approximate surface area is 244 Å². The quantitative estimate of drug-likeness (QED) is 0.232. The number of nitrogen functional groups attached to an aromatic ring is 1. The van der Waals surface area contributed by atoms with Crippen molar-refractivity contribution in [1.82, 2.24) is 19.9 Å². The molecule has 0 bridgehead atoms. The monoisotopic (exact) mass is 626 g/mol. The first-order chi connectivity index (χ1) is 20.4. The number of rotatable bonds is 6. The van der Waals surface area contributed by atoms with Gasteiger partial charge in [-0.15, -0.1) is 0 Å². The highest BCUT2D eigenvalue weighted by Crippen LogP contribution is 2.46. The van der Waals surface area contributed by atoms with Gasteiger partial charge in [0.2, 0.25) is 0 Å². The van der Waals surface area contributed by atoms with Gasteiger partial charge in [0.15, 0.2) is 10.9 Å². The number of hydrogen-bond donors (Lipinski definition) is 2. The van der Waals surface area contributed by atoms with Crippen LogP contribution in [0.1, 0.15) is 37.7 Å². The minimum atomic E-state index is -5.05. The number of nitrogens with two attached hydrogens (primary N) is 1. The van der Waals surface area contributed by atoms with E-state index in [0.717, 1.165) is 36.0 Å². The van der Waals surface area contributed by atoms with E-state index in [1.165, 1.54) is 0 Å². The van der Waals surface area contributed by atoms with Crippen molar-refractivity contribution in [1.29, 1.82) is 0 Å². The summed E-state index contributed by atoms with van der Waals surface area (Å²) in [4.78, 5) is 14.5. The van der Waals surface area contributed by atoms with Gasteiger partial charge in [0.1, 0.15) is 36.1 Å². The van der Waals surface area contributed by atoms with E-state index in [-0.39, 0.29) is 70.5 Å².